The smallest absolute Gasteiger partial charge is 0.264 e. The van der Waals surface area contributed by atoms with Gasteiger partial charge in [-0.2, -0.15) is 0 Å². The minimum atomic E-state index is -0.497. The van der Waals surface area contributed by atoms with Crippen LogP contribution < -0.4 is 5.73 Å². The third-order valence-corrected chi connectivity index (χ3v) is 5.16. The highest BCUT2D eigenvalue weighted by molar-refractivity contribution is 7.12. The van der Waals surface area contributed by atoms with Gasteiger partial charge in [-0.3, -0.25) is 9.59 Å². The summed E-state index contributed by atoms with van der Waals surface area (Å²) in [7, 11) is 0. The molecule has 3 rings (SSSR count). The molecule has 2 aromatic rings. The second-order valence-corrected chi connectivity index (χ2v) is 6.63. The first-order chi connectivity index (χ1) is 11.1. The van der Waals surface area contributed by atoms with Crippen LogP contribution in [0.4, 0.5) is 0 Å². The van der Waals surface area contributed by atoms with Gasteiger partial charge in [0.1, 0.15) is 5.82 Å². The van der Waals surface area contributed by atoms with Crippen LogP contribution in [0.1, 0.15) is 51.7 Å². The van der Waals surface area contributed by atoms with E-state index in [2.05, 4.69) is 16.5 Å². The van der Waals surface area contributed by atoms with Gasteiger partial charge in [0.25, 0.3) is 5.91 Å². The fraction of sp³-hybridized carbons (Fsp3) is 0.438. The van der Waals surface area contributed by atoms with Crippen LogP contribution in [0.15, 0.2) is 23.8 Å². The highest BCUT2D eigenvalue weighted by Crippen LogP contribution is 2.25. The topological polar surface area (TPSA) is 81.2 Å². The summed E-state index contributed by atoms with van der Waals surface area (Å²) in [4.78, 5) is 30.7. The lowest BCUT2D eigenvalue weighted by molar-refractivity contribution is 0.0683. The molecule has 0 spiro atoms. The summed E-state index contributed by atoms with van der Waals surface area (Å²) in [6.45, 7) is 3.50. The number of aromatic nitrogens is 2. The lowest BCUT2D eigenvalue weighted by Gasteiger charge is -2.33. The van der Waals surface area contributed by atoms with Gasteiger partial charge < -0.3 is 15.2 Å². The molecule has 2 aromatic heterocycles. The van der Waals surface area contributed by atoms with E-state index >= 15 is 0 Å². The molecule has 7 heteroatoms. The first-order valence-electron chi connectivity index (χ1n) is 7.79. The summed E-state index contributed by atoms with van der Waals surface area (Å²) in [5.41, 5.74) is 5.65. The van der Waals surface area contributed by atoms with Crippen LogP contribution >= 0.6 is 11.3 Å². The molecule has 2 amide bonds. The average Bonchev–Trinajstić information content (AvgIpc) is 3.23. The molecule has 1 saturated heterocycles. The predicted molar refractivity (Wildman–Crippen MR) is 88.6 cm³/mol. The second kappa shape index (κ2) is 6.54. The molecule has 6 nitrogen and oxygen atoms in total. The van der Waals surface area contributed by atoms with Crippen LogP contribution in [-0.4, -0.2) is 39.4 Å². The highest BCUT2D eigenvalue weighted by atomic mass is 32.1. The molecule has 0 saturated carbocycles. The van der Waals surface area contributed by atoms with Crippen LogP contribution in [0.2, 0.25) is 0 Å². The van der Waals surface area contributed by atoms with Crippen molar-refractivity contribution in [1.29, 1.82) is 0 Å². The molecule has 1 atom stereocenters. The Labute approximate surface area is 138 Å². The van der Waals surface area contributed by atoms with Crippen molar-refractivity contribution in [2.45, 2.75) is 32.2 Å². The Hall–Kier alpha value is -2.15. The van der Waals surface area contributed by atoms with Crippen molar-refractivity contribution in [1.82, 2.24) is 14.5 Å². The number of carbonyl (C=O) groups is 2. The van der Waals surface area contributed by atoms with E-state index in [1.165, 1.54) is 11.3 Å². The summed E-state index contributed by atoms with van der Waals surface area (Å²) in [6, 6.07) is 1.86. The molecule has 1 aliphatic heterocycles. The SMILES string of the molecule is CCc1nccn1C1CCCN(C(=O)c2cc(C(N)=O)cs2)C1. The normalized spacial score (nSPS) is 18.1. The van der Waals surface area contributed by atoms with E-state index in [0.717, 1.165) is 31.6 Å². The molecule has 1 fully saturated rings. The zero-order chi connectivity index (χ0) is 16.4. The number of rotatable bonds is 4. The monoisotopic (exact) mass is 332 g/mol. The largest absolute Gasteiger partial charge is 0.366 e. The number of hydrogen-bond acceptors (Lipinski definition) is 4. The van der Waals surface area contributed by atoms with Crippen molar-refractivity contribution < 1.29 is 9.59 Å². The summed E-state index contributed by atoms with van der Waals surface area (Å²) in [6.07, 6.45) is 6.70. The van der Waals surface area contributed by atoms with Crippen LogP contribution in [0.3, 0.4) is 0 Å². The van der Waals surface area contributed by atoms with E-state index in [1.807, 2.05) is 17.3 Å². The number of imidazole rings is 1. The maximum Gasteiger partial charge on any atom is 0.264 e. The zero-order valence-corrected chi connectivity index (χ0v) is 13.9. The number of nitrogens with two attached hydrogens (primary N) is 1. The fourth-order valence-electron chi connectivity index (χ4n) is 3.05. The molecular weight excluding hydrogens is 312 g/mol. The molecule has 1 aliphatic rings. The first-order valence-corrected chi connectivity index (χ1v) is 8.67. The number of thiophene rings is 1. The van der Waals surface area contributed by atoms with Gasteiger partial charge >= 0.3 is 0 Å². The van der Waals surface area contributed by atoms with Gasteiger partial charge in [0.2, 0.25) is 5.91 Å². The highest BCUT2D eigenvalue weighted by Gasteiger charge is 2.27. The van der Waals surface area contributed by atoms with E-state index in [4.69, 9.17) is 5.73 Å². The maximum atomic E-state index is 12.7. The van der Waals surface area contributed by atoms with Crippen molar-refractivity contribution >= 4 is 23.2 Å². The fourth-order valence-corrected chi connectivity index (χ4v) is 3.91. The van der Waals surface area contributed by atoms with Crippen LogP contribution in [0.25, 0.3) is 0 Å². The number of piperidine rings is 1. The van der Waals surface area contributed by atoms with Gasteiger partial charge in [-0.1, -0.05) is 6.92 Å². The average molecular weight is 332 g/mol. The number of primary amides is 1. The van der Waals surface area contributed by atoms with Gasteiger partial charge in [0, 0.05) is 37.3 Å². The van der Waals surface area contributed by atoms with E-state index in [0.29, 0.717) is 17.0 Å². The molecule has 1 unspecified atom stereocenters. The van der Waals surface area contributed by atoms with Gasteiger partial charge in [-0.15, -0.1) is 11.3 Å². The van der Waals surface area contributed by atoms with Gasteiger partial charge in [0.05, 0.1) is 16.5 Å². The molecule has 0 aromatic carbocycles. The van der Waals surface area contributed by atoms with Gasteiger partial charge in [0.15, 0.2) is 0 Å². The third kappa shape index (κ3) is 3.14. The van der Waals surface area contributed by atoms with Crippen LogP contribution in [-0.2, 0) is 6.42 Å². The minimum absolute atomic E-state index is 0.0228. The predicted octanol–water partition coefficient (Wildman–Crippen LogP) is 2.08. The quantitative estimate of drug-likeness (QED) is 0.931. The second-order valence-electron chi connectivity index (χ2n) is 5.72. The number of aryl methyl sites for hydroxylation is 1. The first kappa shape index (κ1) is 15.7. The lowest BCUT2D eigenvalue weighted by Crippen LogP contribution is -2.40. The summed E-state index contributed by atoms with van der Waals surface area (Å²) >= 11 is 1.27. The Morgan fingerprint density at radius 1 is 1.48 bits per heavy atom. The van der Waals surface area contributed by atoms with E-state index in [9.17, 15) is 9.59 Å². The molecule has 122 valence electrons. The van der Waals surface area contributed by atoms with Crippen molar-refractivity contribution in [3.63, 3.8) is 0 Å². The Morgan fingerprint density at radius 3 is 3.00 bits per heavy atom. The standard InChI is InChI=1S/C16H20N4O2S/c1-2-14-18-5-7-20(14)12-4-3-6-19(9-12)16(22)13-8-11(10-23-13)15(17)21/h5,7-8,10,12H,2-4,6,9H2,1H3,(H2,17,21). The lowest BCUT2D eigenvalue weighted by atomic mass is 10.0. The Balaban J connectivity index is 1.75. The van der Waals surface area contributed by atoms with Crippen molar-refractivity contribution in [2.24, 2.45) is 5.73 Å². The minimum Gasteiger partial charge on any atom is -0.366 e. The van der Waals surface area contributed by atoms with Crippen molar-refractivity contribution in [3.05, 3.63) is 40.1 Å². The van der Waals surface area contributed by atoms with Gasteiger partial charge in [-0.25, -0.2) is 4.98 Å². The van der Waals surface area contributed by atoms with Crippen LogP contribution in [0.5, 0.6) is 0 Å². The molecule has 3 heterocycles. The summed E-state index contributed by atoms with van der Waals surface area (Å²) in [5, 5.41) is 1.64. The Bertz CT molecular complexity index is 721. The number of carbonyl (C=O) groups excluding carboxylic acids is 2. The number of hydrogen-bond donors (Lipinski definition) is 1. The molecule has 0 radical (unpaired) electrons. The molecule has 0 aliphatic carbocycles. The summed E-state index contributed by atoms with van der Waals surface area (Å²) in [5.74, 6) is 0.532. The zero-order valence-electron chi connectivity index (χ0n) is 13.1. The molecule has 2 N–H and O–H groups in total. The van der Waals surface area contributed by atoms with E-state index < -0.39 is 5.91 Å². The molecule has 23 heavy (non-hydrogen) atoms. The third-order valence-electron chi connectivity index (χ3n) is 4.24. The molecular formula is C16H20N4O2S. The number of likely N-dealkylation sites (tertiary alicyclic amines) is 1. The Morgan fingerprint density at radius 2 is 2.30 bits per heavy atom. The Kier molecular flexibility index (Phi) is 4.47. The number of nitrogens with zero attached hydrogens (tertiary/aromatic N) is 3. The molecule has 0 bridgehead atoms. The van der Waals surface area contributed by atoms with E-state index in [1.54, 1.807) is 11.4 Å². The van der Waals surface area contributed by atoms with Crippen molar-refractivity contribution in [3.8, 4) is 0 Å². The van der Waals surface area contributed by atoms with Gasteiger partial charge in [-0.05, 0) is 18.9 Å². The maximum absolute atomic E-state index is 12.7. The van der Waals surface area contributed by atoms with Crippen LogP contribution in [0, 0.1) is 0 Å². The summed E-state index contributed by atoms with van der Waals surface area (Å²) < 4.78 is 2.18. The number of amides is 2. The van der Waals surface area contributed by atoms with E-state index in [-0.39, 0.29) is 11.9 Å². The van der Waals surface area contributed by atoms with Crippen molar-refractivity contribution in [2.75, 3.05) is 13.1 Å².